The van der Waals surface area contributed by atoms with Crippen molar-refractivity contribution in [1.29, 1.82) is 0 Å². The van der Waals surface area contributed by atoms with Gasteiger partial charge in [0.05, 0.1) is 12.8 Å². The number of carbonyl (C=O) groups excluding carboxylic acids is 1. The first-order chi connectivity index (χ1) is 12.9. The van der Waals surface area contributed by atoms with Crippen LogP contribution in [0, 0.1) is 6.92 Å². The van der Waals surface area contributed by atoms with Crippen LogP contribution >= 0.6 is 12.2 Å². The van der Waals surface area contributed by atoms with E-state index >= 15 is 0 Å². The first-order valence-corrected chi connectivity index (χ1v) is 8.36. The van der Waals surface area contributed by atoms with Gasteiger partial charge in [0.2, 0.25) is 0 Å². The van der Waals surface area contributed by atoms with E-state index in [0.29, 0.717) is 11.3 Å². The average Bonchev–Trinajstić information content (AvgIpc) is 2.89. The summed E-state index contributed by atoms with van der Waals surface area (Å²) in [7, 11) is 1.35. The molecule has 2 aromatic carbocycles. The van der Waals surface area contributed by atoms with E-state index in [0.717, 1.165) is 5.56 Å². The van der Waals surface area contributed by atoms with Crippen LogP contribution in [0.3, 0.4) is 0 Å². The molecule has 0 bridgehead atoms. The van der Waals surface area contributed by atoms with Crippen molar-refractivity contribution in [3.05, 3.63) is 59.3 Å². The van der Waals surface area contributed by atoms with Gasteiger partial charge in [-0.3, -0.25) is 9.69 Å². The van der Waals surface area contributed by atoms with Crippen LogP contribution in [-0.2, 0) is 4.79 Å². The number of hydrogen-bond donors (Lipinski definition) is 1. The lowest BCUT2D eigenvalue weighted by atomic mass is 10.1. The number of benzene rings is 2. The van der Waals surface area contributed by atoms with Crippen LogP contribution in [0.1, 0.15) is 11.1 Å². The van der Waals surface area contributed by atoms with Gasteiger partial charge >= 0.3 is 6.61 Å². The number of nitrogens with one attached hydrogen (secondary N) is 1. The maximum absolute atomic E-state index is 12.8. The van der Waals surface area contributed by atoms with Crippen LogP contribution in [0.15, 0.2) is 48.2 Å². The van der Waals surface area contributed by atoms with Crippen molar-refractivity contribution in [2.24, 2.45) is 0 Å². The Balaban J connectivity index is 1.89. The summed E-state index contributed by atoms with van der Waals surface area (Å²) < 4.78 is 34.3. The summed E-state index contributed by atoms with van der Waals surface area (Å²) in [4.78, 5) is 14.2. The van der Waals surface area contributed by atoms with E-state index in [2.05, 4.69) is 10.1 Å². The predicted molar refractivity (Wildman–Crippen MR) is 102 cm³/mol. The predicted octanol–water partition coefficient (Wildman–Crippen LogP) is 3.87. The summed E-state index contributed by atoms with van der Waals surface area (Å²) in [6.45, 7) is -1.03. The van der Waals surface area contributed by atoms with Crippen molar-refractivity contribution in [2.45, 2.75) is 13.5 Å². The molecule has 0 atom stereocenters. The number of alkyl halides is 2. The van der Waals surface area contributed by atoms with Crippen LogP contribution in [0.4, 0.5) is 14.5 Å². The Morgan fingerprint density at radius 2 is 1.96 bits per heavy atom. The molecule has 1 amide bonds. The Labute approximate surface area is 160 Å². The molecular weight excluding hydrogens is 374 g/mol. The lowest BCUT2D eigenvalue weighted by Gasteiger charge is -2.14. The number of anilines is 1. The highest BCUT2D eigenvalue weighted by molar-refractivity contribution is 7.80. The Hall–Kier alpha value is -3.00. The van der Waals surface area contributed by atoms with Gasteiger partial charge in [0.25, 0.3) is 5.91 Å². The number of carbonyl (C=O) groups is 1. The maximum Gasteiger partial charge on any atom is 0.387 e. The molecule has 1 fully saturated rings. The van der Waals surface area contributed by atoms with Gasteiger partial charge in [-0.2, -0.15) is 8.78 Å². The van der Waals surface area contributed by atoms with Gasteiger partial charge in [-0.15, -0.1) is 0 Å². The van der Waals surface area contributed by atoms with Crippen molar-refractivity contribution in [3.8, 4) is 11.5 Å². The zero-order valence-electron chi connectivity index (χ0n) is 14.5. The summed E-state index contributed by atoms with van der Waals surface area (Å²) in [5, 5.41) is 3.15. The molecule has 0 aromatic heterocycles. The largest absolute Gasteiger partial charge is 0.493 e. The van der Waals surface area contributed by atoms with E-state index in [1.54, 1.807) is 18.2 Å². The molecule has 1 aliphatic rings. The average molecular weight is 390 g/mol. The lowest BCUT2D eigenvalue weighted by molar-refractivity contribution is -0.113. The highest BCUT2D eigenvalue weighted by Gasteiger charge is 2.32. The minimum Gasteiger partial charge on any atom is -0.493 e. The Morgan fingerprint density at radius 3 is 2.63 bits per heavy atom. The van der Waals surface area contributed by atoms with E-state index < -0.39 is 6.61 Å². The van der Waals surface area contributed by atoms with E-state index in [9.17, 15) is 13.6 Å². The third-order valence-electron chi connectivity index (χ3n) is 3.85. The van der Waals surface area contributed by atoms with Gasteiger partial charge in [-0.05, 0) is 60.6 Å². The van der Waals surface area contributed by atoms with Crippen molar-refractivity contribution >= 4 is 35.0 Å². The molecule has 1 heterocycles. The highest BCUT2D eigenvalue weighted by Crippen LogP contribution is 2.31. The molecule has 0 aliphatic carbocycles. The summed E-state index contributed by atoms with van der Waals surface area (Å²) >= 11 is 5.28. The number of rotatable bonds is 5. The Kier molecular flexibility index (Phi) is 5.36. The Bertz CT molecular complexity index is 931. The summed E-state index contributed by atoms with van der Waals surface area (Å²) in [6.07, 6.45) is 1.57. The number of ether oxygens (including phenoxy) is 2. The number of aryl methyl sites for hydroxylation is 1. The van der Waals surface area contributed by atoms with Gasteiger partial charge in [0.1, 0.15) is 5.70 Å². The lowest BCUT2D eigenvalue weighted by Crippen LogP contribution is -2.30. The van der Waals surface area contributed by atoms with Crippen molar-refractivity contribution < 1.29 is 23.0 Å². The third kappa shape index (κ3) is 4.06. The fraction of sp³-hybridized carbons (Fsp3) is 0.158. The first kappa shape index (κ1) is 18.8. The molecule has 1 aliphatic heterocycles. The van der Waals surface area contributed by atoms with Gasteiger partial charge in [-0.1, -0.05) is 18.2 Å². The normalized spacial score (nSPS) is 15.4. The van der Waals surface area contributed by atoms with E-state index in [1.807, 2.05) is 25.1 Å². The SMILES string of the molecule is COc1cc(/C=C2/NC(=S)N(c3cccc(C)c3)C2=O)ccc1OC(F)F. The van der Waals surface area contributed by atoms with E-state index in [4.69, 9.17) is 17.0 Å². The molecular formula is C19H16F2N2O3S. The van der Waals surface area contributed by atoms with Crippen LogP contribution in [0.5, 0.6) is 11.5 Å². The molecule has 1 saturated heterocycles. The molecule has 0 spiro atoms. The second-order valence-corrected chi connectivity index (χ2v) is 6.14. The van der Waals surface area contributed by atoms with Crippen molar-refractivity contribution in [2.75, 3.05) is 12.0 Å². The molecule has 3 rings (SSSR count). The zero-order chi connectivity index (χ0) is 19.6. The van der Waals surface area contributed by atoms with Crippen LogP contribution in [0.25, 0.3) is 6.08 Å². The monoisotopic (exact) mass is 390 g/mol. The summed E-state index contributed by atoms with van der Waals surface area (Å²) in [5.41, 5.74) is 2.50. The van der Waals surface area contributed by atoms with Crippen molar-refractivity contribution in [3.63, 3.8) is 0 Å². The molecule has 2 aromatic rings. The molecule has 0 radical (unpaired) electrons. The second-order valence-electron chi connectivity index (χ2n) is 5.76. The molecule has 0 saturated carbocycles. The van der Waals surface area contributed by atoms with Crippen LogP contribution in [-0.4, -0.2) is 24.7 Å². The number of amides is 1. The van der Waals surface area contributed by atoms with Gasteiger partial charge in [0.15, 0.2) is 16.6 Å². The van der Waals surface area contributed by atoms with Crippen molar-refractivity contribution in [1.82, 2.24) is 5.32 Å². The number of methoxy groups -OCH3 is 1. The van der Waals surface area contributed by atoms with Gasteiger partial charge in [0, 0.05) is 0 Å². The number of hydrogen-bond acceptors (Lipinski definition) is 4. The van der Waals surface area contributed by atoms with E-state index in [-0.39, 0.29) is 28.2 Å². The van der Waals surface area contributed by atoms with E-state index in [1.165, 1.54) is 24.1 Å². The molecule has 27 heavy (non-hydrogen) atoms. The smallest absolute Gasteiger partial charge is 0.387 e. The summed E-state index contributed by atoms with van der Waals surface area (Å²) in [5.74, 6) is -0.261. The number of thiocarbonyl (C=S) groups is 1. The molecule has 1 N–H and O–H groups in total. The maximum atomic E-state index is 12.8. The topological polar surface area (TPSA) is 50.8 Å². The first-order valence-electron chi connectivity index (χ1n) is 7.95. The number of halogens is 2. The molecule has 0 unspecified atom stereocenters. The fourth-order valence-electron chi connectivity index (χ4n) is 2.67. The second kappa shape index (κ2) is 7.71. The third-order valence-corrected chi connectivity index (χ3v) is 4.14. The van der Waals surface area contributed by atoms with Gasteiger partial charge in [-0.25, -0.2) is 0 Å². The van der Waals surface area contributed by atoms with Gasteiger partial charge < -0.3 is 14.8 Å². The fourth-order valence-corrected chi connectivity index (χ4v) is 2.97. The highest BCUT2D eigenvalue weighted by atomic mass is 32.1. The van der Waals surface area contributed by atoms with Crippen LogP contribution in [0.2, 0.25) is 0 Å². The zero-order valence-corrected chi connectivity index (χ0v) is 15.3. The molecule has 140 valence electrons. The summed E-state index contributed by atoms with van der Waals surface area (Å²) in [6, 6.07) is 11.8. The Morgan fingerprint density at radius 1 is 1.19 bits per heavy atom. The molecule has 5 nitrogen and oxygen atoms in total. The molecule has 8 heteroatoms. The van der Waals surface area contributed by atoms with Crippen LogP contribution < -0.4 is 19.7 Å². The number of nitrogens with zero attached hydrogens (tertiary/aromatic N) is 1. The minimum atomic E-state index is -2.96. The standard InChI is InChI=1S/C19H16F2N2O3S/c1-11-4-3-5-13(8-11)23-17(24)14(22-19(23)27)9-12-6-7-15(26-18(20)21)16(10-12)25-2/h3-10,18H,1-2H3,(H,22,27)/b14-9+. The quantitative estimate of drug-likeness (QED) is 0.621. The minimum absolute atomic E-state index is 0.0859.